The monoisotopic (exact) mass is 280 g/mol. The predicted molar refractivity (Wildman–Crippen MR) is 71.6 cm³/mol. The minimum absolute atomic E-state index is 0.128. The van der Waals surface area contributed by atoms with Gasteiger partial charge in [0.2, 0.25) is 10.0 Å². The smallest absolute Gasteiger partial charge is 0.238 e. The number of nitrogens with one attached hydrogen (secondary N) is 1. The summed E-state index contributed by atoms with van der Waals surface area (Å²) in [7, 11) is -1.74. The zero-order chi connectivity index (χ0) is 13.9. The first-order valence-electron chi connectivity index (χ1n) is 5.75. The first-order valence-corrected chi connectivity index (χ1v) is 7.30. The van der Waals surface area contributed by atoms with Gasteiger partial charge in [-0.1, -0.05) is 12.1 Å². The molecule has 0 aliphatic rings. The van der Waals surface area contributed by atoms with Crippen molar-refractivity contribution < 1.29 is 8.42 Å². The van der Waals surface area contributed by atoms with E-state index in [-0.39, 0.29) is 4.90 Å². The molecule has 19 heavy (non-hydrogen) atoms. The molecule has 0 fully saturated rings. The molecule has 6 nitrogen and oxygen atoms in total. The van der Waals surface area contributed by atoms with Crippen molar-refractivity contribution in [3.63, 3.8) is 0 Å². The van der Waals surface area contributed by atoms with Crippen LogP contribution in [0.4, 0.5) is 0 Å². The summed E-state index contributed by atoms with van der Waals surface area (Å²) in [5, 5.41) is 12.4. The number of nitrogens with zero attached hydrogens (tertiary/aromatic N) is 2. The van der Waals surface area contributed by atoms with Crippen LogP contribution in [0, 0.1) is 0 Å². The van der Waals surface area contributed by atoms with Crippen LogP contribution in [0.1, 0.15) is 11.1 Å². The maximum atomic E-state index is 11.1. The van der Waals surface area contributed by atoms with Crippen LogP contribution in [0.25, 0.3) is 0 Å². The molecule has 1 aromatic heterocycles. The summed E-state index contributed by atoms with van der Waals surface area (Å²) >= 11 is 0. The Morgan fingerprint density at radius 3 is 2.37 bits per heavy atom. The van der Waals surface area contributed by atoms with Gasteiger partial charge in [-0.2, -0.15) is 5.10 Å². The lowest BCUT2D eigenvalue weighted by Crippen LogP contribution is -2.14. The van der Waals surface area contributed by atoms with E-state index in [1.54, 1.807) is 23.0 Å². The van der Waals surface area contributed by atoms with Crippen molar-refractivity contribution in [1.82, 2.24) is 15.1 Å². The average molecular weight is 280 g/mol. The molecule has 0 saturated carbocycles. The number of primary sulfonamides is 1. The third kappa shape index (κ3) is 3.88. The molecule has 0 bridgehead atoms. The Bertz CT molecular complexity index is 647. The second-order valence-electron chi connectivity index (χ2n) is 4.31. The number of aryl methyl sites for hydroxylation is 1. The number of rotatable bonds is 5. The Labute approximate surface area is 112 Å². The predicted octanol–water partition coefficient (Wildman–Crippen LogP) is 0.357. The molecule has 2 rings (SSSR count). The maximum Gasteiger partial charge on any atom is 0.238 e. The Morgan fingerprint density at radius 2 is 1.84 bits per heavy atom. The average Bonchev–Trinajstić information content (AvgIpc) is 2.75. The van der Waals surface area contributed by atoms with Crippen molar-refractivity contribution in [3.05, 3.63) is 47.8 Å². The summed E-state index contributed by atoms with van der Waals surface area (Å²) in [5.41, 5.74) is 2.10. The summed E-state index contributed by atoms with van der Waals surface area (Å²) < 4.78 is 23.9. The van der Waals surface area contributed by atoms with E-state index in [4.69, 9.17) is 5.14 Å². The minimum Gasteiger partial charge on any atom is -0.309 e. The van der Waals surface area contributed by atoms with Crippen LogP contribution in [0.5, 0.6) is 0 Å². The van der Waals surface area contributed by atoms with Gasteiger partial charge in [-0.15, -0.1) is 0 Å². The highest BCUT2D eigenvalue weighted by molar-refractivity contribution is 7.89. The van der Waals surface area contributed by atoms with Gasteiger partial charge >= 0.3 is 0 Å². The SMILES string of the molecule is Cn1cc(CNCc2ccc(S(N)(=O)=O)cc2)cn1. The maximum absolute atomic E-state index is 11.1. The number of aromatic nitrogens is 2. The molecular formula is C12H16N4O2S. The van der Waals surface area contributed by atoms with Crippen LogP contribution in [0.2, 0.25) is 0 Å². The van der Waals surface area contributed by atoms with E-state index in [1.807, 2.05) is 13.2 Å². The third-order valence-electron chi connectivity index (χ3n) is 2.67. The first kappa shape index (κ1) is 13.7. The Hall–Kier alpha value is -1.70. The molecule has 7 heteroatoms. The van der Waals surface area contributed by atoms with Gasteiger partial charge in [0.05, 0.1) is 11.1 Å². The van der Waals surface area contributed by atoms with Gasteiger partial charge in [-0.25, -0.2) is 13.6 Å². The largest absolute Gasteiger partial charge is 0.309 e. The molecule has 102 valence electrons. The lowest BCUT2D eigenvalue weighted by atomic mass is 10.2. The van der Waals surface area contributed by atoms with E-state index in [1.165, 1.54) is 12.1 Å². The van der Waals surface area contributed by atoms with Crippen molar-refractivity contribution in [2.24, 2.45) is 12.2 Å². The van der Waals surface area contributed by atoms with Gasteiger partial charge in [0.1, 0.15) is 0 Å². The zero-order valence-corrected chi connectivity index (χ0v) is 11.4. The van der Waals surface area contributed by atoms with Crippen LogP contribution in [0.15, 0.2) is 41.6 Å². The molecular weight excluding hydrogens is 264 g/mol. The lowest BCUT2D eigenvalue weighted by Gasteiger charge is -2.04. The van der Waals surface area contributed by atoms with Crippen molar-refractivity contribution in [2.75, 3.05) is 0 Å². The highest BCUT2D eigenvalue weighted by atomic mass is 32.2. The molecule has 0 spiro atoms. The molecule has 0 aliphatic carbocycles. The summed E-state index contributed by atoms with van der Waals surface area (Å²) in [6, 6.07) is 6.51. The molecule has 1 aromatic carbocycles. The highest BCUT2D eigenvalue weighted by Gasteiger charge is 2.06. The zero-order valence-electron chi connectivity index (χ0n) is 10.6. The molecule has 1 heterocycles. The fraction of sp³-hybridized carbons (Fsp3) is 0.250. The van der Waals surface area contributed by atoms with Crippen molar-refractivity contribution in [2.45, 2.75) is 18.0 Å². The van der Waals surface area contributed by atoms with E-state index >= 15 is 0 Å². The Balaban J connectivity index is 1.90. The molecule has 0 amide bonds. The number of sulfonamides is 1. The lowest BCUT2D eigenvalue weighted by molar-refractivity contribution is 0.597. The Kier molecular flexibility index (Phi) is 3.98. The van der Waals surface area contributed by atoms with Gasteiger partial charge in [0.25, 0.3) is 0 Å². The quantitative estimate of drug-likeness (QED) is 0.827. The van der Waals surface area contributed by atoms with Gasteiger partial charge < -0.3 is 5.32 Å². The second-order valence-corrected chi connectivity index (χ2v) is 5.88. The van der Waals surface area contributed by atoms with Crippen LogP contribution >= 0.6 is 0 Å². The molecule has 2 aromatic rings. The van der Waals surface area contributed by atoms with Gasteiger partial charge in [0, 0.05) is 31.9 Å². The fourth-order valence-corrected chi connectivity index (χ4v) is 2.23. The van der Waals surface area contributed by atoms with E-state index in [2.05, 4.69) is 10.4 Å². The number of benzene rings is 1. The topological polar surface area (TPSA) is 90.0 Å². The third-order valence-corrected chi connectivity index (χ3v) is 3.60. The van der Waals surface area contributed by atoms with Gasteiger partial charge in [-0.3, -0.25) is 4.68 Å². The summed E-state index contributed by atoms with van der Waals surface area (Å²) in [4.78, 5) is 0.128. The van der Waals surface area contributed by atoms with Gasteiger partial charge in [-0.05, 0) is 17.7 Å². The van der Waals surface area contributed by atoms with Crippen molar-refractivity contribution in [1.29, 1.82) is 0 Å². The summed E-state index contributed by atoms with van der Waals surface area (Å²) in [6.07, 6.45) is 3.74. The van der Waals surface area contributed by atoms with E-state index in [0.717, 1.165) is 11.1 Å². The second kappa shape index (κ2) is 5.52. The van der Waals surface area contributed by atoms with Crippen molar-refractivity contribution >= 4 is 10.0 Å². The van der Waals surface area contributed by atoms with Crippen LogP contribution in [-0.2, 0) is 30.2 Å². The molecule has 0 aliphatic heterocycles. The fourth-order valence-electron chi connectivity index (χ4n) is 1.71. The van der Waals surface area contributed by atoms with Crippen molar-refractivity contribution in [3.8, 4) is 0 Å². The van der Waals surface area contributed by atoms with Crippen LogP contribution in [0.3, 0.4) is 0 Å². The summed E-state index contributed by atoms with van der Waals surface area (Å²) in [6.45, 7) is 1.37. The molecule has 0 radical (unpaired) electrons. The normalized spacial score (nSPS) is 11.7. The number of nitrogens with two attached hydrogens (primary N) is 1. The highest BCUT2D eigenvalue weighted by Crippen LogP contribution is 2.08. The standard InChI is InChI=1S/C12H16N4O2S/c1-16-9-11(8-15-16)7-14-6-10-2-4-12(5-3-10)19(13,17)18/h2-5,8-9,14H,6-7H2,1H3,(H2,13,17,18). The molecule has 0 saturated heterocycles. The summed E-state index contributed by atoms with van der Waals surface area (Å²) in [5.74, 6) is 0. The van der Waals surface area contributed by atoms with E-state index < -0.39 is 10.0 Å². The Morgan fingerprint density at radius 1 is 1.21 bits per heavy atom. The molecule has 0 unspecified atom stereocenters. The first-order chi connectivity index (χ1) is 8.95. The minimum atomic E-state index is -3.61. The number of hydrogen-bond donors (Lipinski definition) is 2. The molecule has 0 atom stereocenters. The van der Waals surface area contributed by atoms with Gasteiger partial charge in [0.15, 0.2) is 0 Å². The van der Waals surface area contributed by atoms with E-state index in [9.17, 15) is 8.42 Å². The van der Waals surface area contributed by atoms with Crippen LogP contribution in [-0.4, -0.2) is 18.2 Å². The number of hydrogen-bond acceptors (Lipinski definition) is 4. The molecule has 3 N–H and O–H groups in total. The van der Waals surface area contributed by atoms with E-state index in [0.29, 0.717) is 13.1 Å². The van der Waals surface area contributed by atoms with Crippen LogP contribution < -0.4 is 10.5 Å².